The van der Waals surface area contributed by atoms with E-state index >= 15 is 0 Å². The molecule has 2 rings (SSSR count). The van der Waals surface area contributed by atoms with E-state index in [2.05, 4.69) is 60.8 Å². The van der Waals surface area contributed by atoms with Gasteiger partial charge in [-0.25, -0.2) is 0 Å². The summed E-state index contributed by atoms with van der Waals surface area (Å²) in [5.41, 5.74) is 0.950. The average molecular weight is 252 g/mol. The fraction of sp³-hybridized carbons (Fsp3) is 0.353. The standard InChI is InChI=1S/C17H20N2/c1-13(19-12-17(2,3)11-18)15-10-6-8-14-7-4-5-9-16(14)15/h4-10,13,19H,12H2,1-3H3. The minimum atomic E-state index is -0.334. The van der Waals surface area contributed by atoms with Crippen molar-refractivity contribution in [1.82, 2.24) is 5.32 Å². The second kappa shape index (κ2) is 5.42. The third-order valence-electron chi connectivity index (χ3n) is 3.44. The quantitative estimate of drug-likeness (QED) is 0.891. The first-order chi connectivity index (χ1) is 9.03. The van der Waals surface area contributed by atoms with Crippen LogP contribution < -0.4 is 5.32 Å². The van der Waals surface area contributed by atoms with Crippen LogP contribution in [0.2, 0.25) is 0 Å². The van der Waals surface area contributed by atoms with Crippen LogP contribution in [0, 0.1) is 16.7 Å². The number of benzene rings is 2. The number of rotatable bonds is 4. The van der Waals surface area contributed by atoms with Gasteiger partial charge in [-0.3, -0.25) is 0 Å². The number of fused-ring (bicyclic) bond motifs is 1. The Morgan fingerprint density at radius 1 is 1.16 bits per heavy atom. The predicted molar refractivity (Wildman–Crippen MR) is 79.8 cm³/mol. The molecule has 0 aliphatic rings. The Labute approximate surface area is 115 Å². The Hall–Kier alpha value is -1.85. The molecule has 0 bridgehead atoms. The highest BCUT2D eigenvalue weighted by molar-refractivity contribution is 5.86. The first-order valence-electron chi connectivity index (χ1n) is 6.66. The van der Waals surface area contributed by atoms with Crippen molar-refractivity contribution in [3.63, 3.8) is 0 Å². The molecule has 0 spiro atoms. The summed E-state index contributed by atoms with van der Waals surface area (Å²) in [5.74, 6) is 0. The molecule has 0 amide bonds. The molecule has 98 valence electrons. The van der Waals surface area contributed by atoms with Crippen molar-refractivity contribution in [2.24, 2.45) is 5.41 Å². The predicted octanol–water partition coefficient (Wildman–Crippen LogP) is 4.04. The molecule has 1 unspecified atom stereocenters. The SMILES string of the molecule is CC(NCC(C)(C)C#N)c1cccc2ccccc12. The summed E-state index contributed by atoms with van der Waals surface area (Å²) in [6, 6.07) is 17.3. The smallest absolute Gasteiger partial charge is 0.0697 e. The van der Waals surface area contributed by atoms with E-state index in [1.54, 1.807) is 0 Å². The van der Waals surface area contributed by atoms with Crippen molar-refractivity contribution in [1.29, 1.82) is 5.26 Å². The molecule has 19 heavy (non-hydrogen) atoms. The molecule has 0 saturated heterocycles. The maximum atomic E-state index is 9.06. The maximum absolute atomic E-state index is 9.06. The van der Waals surface area contributed by atoms with Gasteiger partial charge < -0.3 is 5.32 Å². The fourth-order valence-corrected chi connectivity index (χ4v) is 2.19. The molecule has 1 N–H and O–H groups in total. The maximum Gasteiger partial charge on any atom is 0.0697 e. The summed E-state index contributed by atoms with van der Waals surface area (Å²) >= 11 is 0. The van der Waals surface area contributed by atoms with E-state index < -0.39 is 0 Å². The van der Waals surface area contributed by atoms with Gasteiger partial charge in [0.15, 0.2) is 0 Å². The van der Waals surface area contributed by atoms with E-state index in [0.29, 0.717) is 6.54 Å². The first-order valence-corrected chi connectivity index (χ1v) is 6.66. The number of hydrogen-bond donors (Lipinski definition) is 1. The molecule has 0 aliphatic carbocycles. The number of nitriles is 1. The molecule has 0 heterocycles. The van der Waals surface area contributed by atoms with Gasteiger partial charge in [-0.15, -0.1) is 0 Å². The van der Waals surface area contributed by atoms with Gasteiger partial charge in [-0.1, -0.05) is 42.5 Å². The van der Waals surface area contributed by atoms with Crippen LogP contribution in [-0.2, 0) is 0 Å². The van der Waals surface area contributed by atoms with E-state index in [4.69, 9.17) is 5.26 Å². The molecule has 0 fully saturated rings. The highest BCUT2D eigenvalue weighted by Gasteiger charge is 2.18. The minimum absolute atomic E-state index is 0.235. The van der Waals surface area contributed by atoms with Gasteiger partial charge in [0.1, 0.15) is 0 Å². The fourth-order valence-electron chi connectivity index (χ4n) is 2.19. The van der Waals surface area contributed by atoms with Crippen molar-refractivity contribution in [2.75, 3.05) is 6.54 Å². The second-order valence-electron chi connectivity index (χ2n) is 5.67. The van der Waals surface area contributed by atoms with Gasteiger partial charge in [0.25, 0.3) is 0 Å². The van der Waals surface area contributed by atoms with Crippen molar-refractivity contribution in [2.45, 2.75) is 26.8 Å². The van der Waals surface area contributed by atoms with Crippen LogP contribution in [-0.4, -0.2) is 6.54 Å². The minimum Gasteiger partial charge on any atom is -0.309 e. The van der Waals surface area contributed by atoms with Gasteiger partial charge in [0.05, 0.1) is 11.5 Å². The third-order valence-corrected chi connectivity index (χ3v) is 3.44. The molecular weight excluding hydrogens is 232 g/mol. The largest absolute Gasteiger partial charge is 0.309 e. The summed E-state index contributed by atoms with van der Waals surface area (Å²) in [4.78, 5) is 0. The zero-order valence-corrected chi connectivity index (χ0v) is 11.8. The normalized spacial score (nSPS) is 13.2. The van der Waals surface area contributed by atoms with Gasteiger partial charge in [-0.2, -0.15) is 5.26 Å². The van der Waals surface area contributed by atoms with Crippen LogP contribution >= 0.6 is 0 Å². The molecule has 1 atom stereocenters. The van der Waals surface area contributed by atoms with Crippen LogP contribution in [0.25, 0.3) is 10.8 Å². The van der Waals surface area contributed by atoms with E-state index in [1.807, 2.05) is 13.8 Å². The van der Waals surface area contributed by atoms with Gasteiger partial charge in [-0.05, 0) is 37.1 Å². The summed E-state index contributed by atoms with van der Waals surface area (Å²) in [7, 11) is 0. The molecular formula is C17H20N2. The molecule has 0 saturated carbocycles. The number of hydrogen-bond acceptors (Lipinski definition) is 2. The average Bonchev–Trinajstić information content (AvgIpc) is 2.44. The monoisotopic (exact) mass is 252 g/mol. The Morgan fingerprint density at radius 3 is 2.58 bits per heavy atom. The lowest BCUT2D eigenvalue weighted by atomic mass is 9.94. The van der Waals surface area contributed by atoms with Crippen molar-refractivity contribution >= 4 is 10.8 Å². The first kappa shape index (κ1) is 13.6. The third kappa shape index (κ3) is 3.13. The van der Waals surface area contributed by atoms with E-state index in [-0.39, 0.29) is 11.5 Å². The van der Waals surface area contributed by atoms with Gasteiger partial charge in [0.2, 0.25) is 0 Å². The molecule has 0 aromatic heterocycles. The molecule has 0 aliphatic heterocycles. The van der Waals surface area contributed by atoms with Gasteiger partial charge >= 0.3 is 0 Å². The summed E-state index contributed by atoms with van der Waals surface area (Å²) in [6.45, 7) is 6.74. The summed E-state index contributed by atoms with van der Waals surface area (Å²) < 4.78 is 0. The van der Waals surface area contributed by atoms with E-state index in [0.717, 1.165) is 0 Å². The Kier molecular flexibility index (Phi) is 3.87. The van der Waals surface area contributed by atoms with Crippen molar-refractivity contribution in [3.8, 4) is 6.07 Å². The van der Waals surface area contributed by atoms with Crippen LogP contribution in [0.15, 0.2) is 42.5 Å². The van der Waals surface area contributed by atoms with Crippen LogP contribution in [0.3, 0.4) is 0 Å². The zero-order valence-electron chi connectivity index (χ0n) is 11.8. The Bertz CT molecular complexity index is 603. The van der Waals surface area contributed by atoms with Crippen LogP contribution in [0.4, 0.5) is 0 Å². The number of nitrogens with one attached hydrogen (secondary N) is 1. The lowest BCUT2D eigenvalue weighted by Crippen LogP contribution is -2.30. The van der Waals surface area contributed by atoms with Crippen LogP contribution in [0.5, 0.6) is 0 Å². The lowest BCUT2D eigenvalue weighted by molar-refractivity contribution is 0.416. The Balaban J connectivity index is 2.23. The molecule has 2 aromatic carbocycles. The zero-order chi connectivity index (χ0) is 13.9. The molecule has 0 radical (unpaired) electrons. The second-order valence-corrected chi connectivity index (χ2v) is 5.67. The lowest BCUT2D eigenvalue weighted by Gasteiger charge is -2.21. The van der Waals surface area contributed by atoms with Gasteiger partial charge in [0, 0.05) is 12.6 Å². The Morgan fingerprint density at radius 2 is 1.84 bits per heavy atom. The highest BCUT2D eigenvalue weighted by atomic mass is 14.9. The van der Waals surface area contributed by atoms with Crippen molar-refractivity contribution in [3.05, 3.63) is 48.0 Å². The highest BCUT2D eigenvalue weighted by Crippen LogP contribution is 2.24. The summed E-state index contributed by atoms with van der Waals surface area (Å²) in [6.07, 6.45) is 0. The van der Waals surface area contributed by atoms with E-state index in [9.17, 15) is 0 Å². The van der Waals surface area contributed by atoms with Crippen molar-refractivity contribution < 1.29 is 0 Å². The number of nitrogens with zero attached hydrogens (tertiary/aromatic N) is 1. The van der Waals surface area contributed by atoms with E-state index in [1.165, 1.54) is 16.3 Å². The molecule has 2 heteroatoms. The van der Waals surface area contributed by atoms with Crippen LogP contribution in [0.1, 0.15) is 32.4 Å². The molecule has 2 nitrogen and oxygen atoms in total. The molecule has 2 aromatic rings. The summed E-state index contributed by atoms with van der Waals surface area (Å²) in [5, 5.41) is 15.1. The topological polar surface area (TPSA) is 35.8 Å².